The van der Waals surface area contributed by atoms with Crippen molar-refractivity contribution >= 4 is 18.0 Å². The molecule has 1 aromatic rings. The van der Waals surface area contributed by atoms with Crippen molar-refractivity contribution in [2.45, 2.75) is 24.8 Å². The molecule has 0 fully saturated rings. The molecule has 0 aromatic carbocycles. The summed E-state index contributed by atoms with van der Waals surface area (Å²) in [5, 5.41) is 16.8. The van der Waals surface area contributed by atoms with E-state index in [4.69, 9.17) is 5.11 Å². The van der Waals surface area contributed by atoms with Crippen molar-refractivity contribution in [1.29, 1.82) is 0 Å². The molecule has 5 heteroatoms. The molecule has 2 atom stereocenters. The van der Waals surface area contributed by atoms with E-state index in [1.807, 2.05) is 18.6 Å². The largest absolute Gasteiger partial charge is 0.395 e. The molecule has 1 aromatic heterocycles. The molecule has 0 saturated carbocycles. The van der Waals surface area contributed by atoms with Gasteiger partial charge in [0.25, 0.3) is 0 Å². The summed E-state index contributed by atoms with van der Waals surface area (Å²) < 4.78 is 1.68. The quantitative estimate of drug-likeness (QED) is 0.753. The molecule has 2 unspecified atom stereocenters. The van der Waals surface area contributed by atoms with E-state index >= 15 is 0 Å². The maximum atomic E-state index is 9.15. The van der Waals surface area contributed by atoms with Gasteiger partial charge >= 0.3 is 0 Å². The number of nitrogens with one attached hydrogen (secondary N) is 1. The highest BCUT2D eigenvalue weighted by Gasteiger charge is 2.14. The predicted octanol–water partition coefficient (Wildman–Crippen LogP) is 1.19. The van der Waals surface area contributed by atoms with Crippen LogP contribution in [0.15, 0.2) is 19.0 Å². The van der Waals surface area contributed by atoms with E-state index in [2.05, 4.69) is 23.9 Å². The second kappa shape index (κ2) is 6.73. The molecular weight excluding hydrogens is 222 g/mol. The van der Waals surface area contributed by atoms with Crippen molar-refractivity contribution in [3.8, 4) is 0 Å². The second-order valence-corrected chi connectivity index (χ2v) is 4.71. The zero-order valence-corrected chi connectivity index (χ0v) is 10.6. The van der Waals surface area contributed by atoms with Crippen LogP contribution in [0.2, 0.25) is 0 Å². The summed E-state index contributed by atoms with van der Waals surface area (Å²) in [6, 6.07) is 0.270. The normalized spacial score (nSPS) is 14.7. The Bertz CT molecular complexity index is 323. The molecule has 0 spiro atoms. The molecule has 0 radical (unpaired) electrons. The van der Waals surface area contributed by atoms with Gasteiger partial charge < -0.3 is 10.4 Å². The predicted molar refractivity (Wildman–Crippen MR) is 69.3 cm³/mol. The van der Waals surface area contributed by atoms with Crippen molar-refractivity contribution in [3.63, 3.8) is 0 Å². The molecule has 4 nitrogen and oxygen atoms in total. The minimum Gasteiger partial charge on any atom is -0.395 e. The molecular formula is C11H19N3OS. The highest BCUT2D eigenvalue weighted by Crippen LogP contribution is 2.10. The number of rotatable bonds is 7. The fraction of sp³-hybridized carbons (Fsp3) is 0.545. The summed E-state index contributed by atoms with van der Waals surface area (Å²) in [7, 11) is 0. The van der Waals surface area contributed by atoms with Crippen molar-refractivity contribution in [3.05, 3.63) is 24.5 Å². The fourth-order valence-electron chi connectivity index (χ4n) is 1.42. The maximum absolute atomic E-state index is 9.15. The minimum atomic E-state index is 0.196. The highest BCUT2D eigenvalue weighted by atomic mass is 32.2. The van der Waals surface area contributed by atoms with E-state index in [1.165, 1.54) is 0 Å². The van der Waals surface area contributed by atoms with E-state index in [0.29, 0.717) is 0 Å². The minimum absolute atomic E-state index is 0.196. The highest BCUT2D eigenvalue weighted by molar-refractivity contribution is 7.99. The Kier molecular flexibility index (Phi) is 5.59. The Balaban J connectivity index is 2.41. The monoisotopic (exact) mass is 241 g/mol. The average Bonchev–Trinajstić information content (AvgIpc) is 2.76. The summed E-state index contributed by atoms with van der Waals surface area (Å²) in [6.07, 6.45) is 7.41. The first-order chi connectivity index (χ1) is 7.71. The van der Waals surface area contributed by atoms with Crippen molar-refractivity contribution in [2.75, 3.05) is 12.9 Å². The number of hydrogen-bond donors (Lipinski definition) is 2. The van der Waals surface area contributed by atoms with Crippen LogP contribution in [0.5, 0.6) is 0 Å². The van der Waals surface area contributed by atoms with Gasteiger partial charge in [0.15, 0.2) is 0 Å². The third-order valence-corrected chi connectivity index (χ3v) is 3.67. The van der Waals surface area contributed by atoms with E-state index in [1.54, 1.807) is 22.6 Å². The molecule has 0 amide bonds. The van der Waals surface area contributed by atoms with Crippen LogP contribution in [0.1, 0.15) is 12.5 Å². The Hall–Kier alpha value is -0.780. The Morgan fingerprint density at radius 3 is 3.00 bits per heavy atom. The topological polar surface area (TPSA) is 50.1 Å². The molecule has 1 heterocycles. The molecule has 0 bridgehead atoms. The Morgan fingerprint density at radius 2 is 2.50 bits per heavy atom. The SMILES string of the molecule is C=Cn1cc(CNC(C)C(CO)SC)cn1. The molecule has 0 aliphatic rings. The first-order valence-corrected chi connectivity index (χ1v) is 6.52. The second-order valence-electron chi connectivity index (χ2n) is 3.64. The zero-order valence-electron chi connectivity index (χ0n) is 9.76. The first-order valence-electron chi connectivity index (χ1n) is 5.24. The lowest BCUT2D eigenvalue weighted by Gasteiger charge is -2.20. The van der Waals surface area contributed by atoms with Crippen LogP contribution in [-0.4, -0.2) is 39.0 Å². The van der Waals surface area contributed by atoms with Crippen molar-refractivity contribution in [2.24, 2.45) is 0 Å². The number of aliphatic hydroxyl groups excluding tert-OH is 1. The Morgan fingerprint density at radius 1 is 1.75 bits per heavy atom. The smallest absolute Gasteiger partial charge is 0.0564 e. The Labute approximate surface area is 101 Å². The molecule has 0 aliphatic heterocycles. The summed E-state index contributed by atoms with van der Waals surface area (Å²) in [4.78, 5) is 0. The summed E-state index contributed by atoms with van der Waals surface area (Å²) in [6.45, 7) is 6.67. The summed E-state index contributed by atoms with van der Waals surface area (Å²) >= 11 is 1.67. The third kappa shape index (κ3) is 3.66. The number of nitrogens with zero attached hydrogens (tertiary/aromatic N) is 2. The van der Waals surface area contributed by atoms with E-state index in [9.17, 15) is 0 Å². The van der Waals surface area contributed by atoms with Crippen molar-refractivity contribution in [1.82, 2.24) is 15.1 Å². The number of aromatic nitrogens is 2. The third-order valence-electron chi connectivity index (χ3n) is 2.51. The van der Waals surface area contributed by atoms with Gasteiger partial charge in [0.2, 0.25) is 0 Å². The van der Waals surface area contributed by atoms with Crippen LogP contribution >= 0.6 is 11.8 Å². The molecule has 0 aliphatic carbocycles. The van der Waals surface area contributed by atoms with Gasteiger partial charge in [0.1, 0.15) is 0 Å². The van der Waals surface area contributed by atoms with Crippen LogP contribution in [-0.2, 0) is 6.54 Å². The molecule has 1 rings (SSSR count). The summed E-state index contributed by atoms with van der Waals surface area (Å²) in [5.74, 6) is 0. The first kappa shape index (κ1) is 13.3. The van der Waals surface area contributed by atoms with Gasteiger partial charge in [-0.2, -0.15) is 16.9 Å². The van der Waals surface area contributed by atoms with Crippen LogP contribution < -0.4 is 5.32 Å². The van der Waals surface area contributed by atoms with Gasteiger partial charge in [-0.05, 0) is 13.2 Å². The lowest BCUT2D eigenvalue weighted by molar-refractivity contribution is 0.276. The van der Waals surface area contributed by atoms with Gasteiger partial charge in [-0.1, -0.05) is 6.58 Å². The maximum Gasteiger partial charge on any atom is 0.0564 e. The molecule has 90 valence electrons. The van der Waals surface area contributed by atoms with Gasteiger partial charge in [-0.25, -0.2) is 4.68 Å². The fourth-order valence-corrected chi connectivity index (χ4v) is 2.07. The van der Waals surface area contributed by atoms with E-state index in [-0.39, 0.29) is 17.9 Å². The average molecular weight is 241 g/mol. The van der Waals surface area contributed by atoms with Crippen LogP contribution in [0.3, 0.4) is 0 Å². The van der Waals surface area contributed by atoms with Crippen LogP contribution in [0, 0.1) is 0 Å². The van der Waals surface area contributed by atoms with E-state index < -0.39 is 0 Å². The van der Waals surface area contributed by atoms with Gasteiger partial charge in [-0.3, -0.25) is 0 Å². The van der Waals surface area contributed by atoms with E-state index in [0.717, 1.165) is 12.1 Å². The molecule has 16 heavy (non-hydrogen) atoms. The number of aliphatic hydroxyl groups is 1. The van der Waals surface area contributed by atoms with Crippen molar-refractivity contribution < 1.29 is 5.11 Å². The number of hydrogen-bond acceptors (Lipinski definition) is 4. The number of thioether (sulfide) groups is 1. The van der Waals surface area contributed by atoms with Gasteiger partial charge in [-0.15, -0.1) is 0 Å². The lowest BCUT2D eigenvalue weighted by Crippen LogP contribution is -2.36. The summed E-state index contributed by atoms with van der Waals surface area (Å²) in [5.41, 5.74) is 1.12. The molecule has 2 N–H and O–H groups in total. The van der Waals surface area contributed by atoms with Crippen LogP contribution in [0.25, 0.3) is 6.20 Å². The molecule has 0 saturated heterocycles. The van der Waals surface area contributed by atoms with Gasteiger partial charge in [0.05, 0.1) is 12.8 Å². The van der Waals surface area contributed by atoms with Crippen LogP contribution in [0.4, 0.5) is 0 Å². The van der Waals surface area contributed by atoms with Gasteiger partial charge in [0, 0.05) is 35.8 Å². The lowest BCUT2D eigenvalue weighted by atomic mass is 10.2. The standard InChI is InChI=1S/C11H19N3OS/c1-4-14-7-10(6-13-14)5-12-9(2)11(8-15)16-3/h4,6-7,9,11-12,15H,1,5,8H2,2-3H3. The zero-order chi connectivity index (χ0) is 12.0.